The number of nitrogens with zero attached hydrogens (tertiary/aromatic N) is 8. The number of carboxylic acid groups (broad SMARTS) is 1. The van der Waals surface area contributed by atoms with Crippen LogP contribution in [0.3, 0.4) is 0 Å². The summed E-state index contributed by atoms with van der Waals surface area (Å²) in [5.41, 5.74) is -4.08. The molecular weight excluding hydrogens is 1040 g/mol. The van der Waals surface area contributed by atoms with Gasteiger partial charge in [-0.15, -0.1) is 20.5 Å². The summed E-state index contributed by atoms with van der Waals surface area (Å²) in [6.45, 7) is 0. The van der Waals surface area contributed by atoms with Crippen LogP contribution in [0.15, 0.2) is 151 Å². The van der Waals surface area contributed by atoms with Crippen molar-refractivity contribution in [3.63, 3.8) is 0 Å². The average Bonchev–Trinajstić information content (AvgIpc) is 3.60. The second-order valence-electron chi connectivity index (χ2n) is 14.1. The number of benzene rings is 6. The number of fused-ring (bicyclic) bond motifs is 2. The Bertz CT molecular complexity index is 3980. The number of azo groups is 3. The molecule has 1 aliphatic rings. The number of hydrazone groups is 1. The highest BCUT2D eigenvalue weighted by Crippen LogP contribution is 2.46. The van der Waals surface area contributed by atoms with Gasteiger partial charge in [0, 0.05) is 27.6 Å². The Kier molecular flexibility index (Phi) is 13.0. The number of carbonyl (C=O) groups excluding carboxylic acids is 1. The molecule has 33 heteroatoms. The maximum Gasteiger partial charge on any atom is 0.355 e. The van der Waals surface area contributed by atoms with Crippen molar-refractivity contribution < 1.29 is 89.4 Å². The Morgan fingerprint density at radius 1 is 0.571 bits per heavy atom. The van der Waals surface area contributed by atoms with Crippen LogP contribution >= 0.6 is 0 Å². The van der Waals surface area contributed by atoms with Gasteiger partial charge >= 0.3 is 5.97 Å². The molecule has 0 radical (unpaired) electrons. The van der Waals surface area contributed by atoms with Crippen LogP contribution in [0.2, 0.25) is 0 Å². The molecule has 28 nitrogen and oxygen atoms in total. The molecule has 1 atom stereocenters. The van der Waals surface area contributed by atoms with E-state index in [1.807, 2.05) is 0 Å². The van der Waals surface area contributed by atoms with Crippen LogP contribution in [0.1, 0.15) is 0 Å². The maximum atomic E-state index is 13.3. The normalized spacial score (nSPS) is 15.2. The van der Waals surface area contributed by atoms with Gasteiger partial charge in [-0.3, -0.25) is 27.6 Å². The summed E-state index contributed by atoms with van der Waals surface area (Å²) >= 11 is 0. The van der Waals surface area contributed by atoms with Crippen molar-refractivity contribution in [3.05, 3.63) is 91.0 Å². The molecule has 70 heavy (non-hydrogen) atoms. The fraction of sp³-hybridized carbons (Fsp3) is 0.0541. The van der Waals surface area contributed by atoms with Gasteiger partial charge in [0.05, 0.1) is 34.0 Å². The topological polar surface area (TPSA) is 445 Å². The van der Waals surface area contributed by atoms with Crippen LogP contribution < -0.4 is 9.75 Å². The SMILES string of the molecule is COc1ccc(N=Nc2ccc(N=Nc3c(S(=O)(=O)O)cc4c(S(=O)(=O)O)c(N=NC5C(=O)N(c6ccc(S(=O)(=O)O)cc6)N=C5C(=O)O)ccc4c3O)c3cc(S(=O)(=O)O)ccc23)c(S(=O)(=O)O)c1. The van der Waals surface area contributed by atoms with Crippen molar-refractivity contribution in [2.45, 2.75) is 30.5 Å². The van der Waals surface area contributed by atoms with E-state index in [2.05, 4.69) is 35.8 Å². The van der Waals surface area contributed by atoms with Crippen molar-refractivity contribution in [3.8, 4) is 11.5 Å². The number of methoxy groups -OCH3 is 1. The second kappa shape index (κ2) is 18.0. The van der Waals surface area contributed by atoms with E-state index in [1.54, 1.807) is 0 Å². The van der Waals surface area contributed by atoms with Crippen LogP contribution in [0, 0.1) is 0 Å². The summed E-state index contributed by atoms with van der Waals surface area (Å²) in [6, 6.07) is 12.1. The lowest BCUT2D eigenvalue weighted by Crippen LogP contribution is -2.33. The minimum absolute atomic E-state index is 0.0273. The van der Waals surface area contributed by atoms with Gasteiger partial charge in [-0.25, -0.2) is 4.79 Å². The molecule has 1 unspecified atom stereocenters. The quantitative estimate of drug-likeness (QED) is 0.0507. The summed E-state index contributed by atoms with van der Waals surface area (Å²) in [7, 11) is -24.4. The third-order valence-electron chi connectivity index (χ3n) is 9.70. The minimum atomic E-state index is -5.59. The number of ether oxygens (including phenoxy) is 1. The van der Waals surface area contributed by atoms with Crippen LogP contribution in [-0.4, -0.2) is 106 Å². The van der Waals surface area contributed by atoms with Gasteiger partial charge in [-0.2, -0.15) is 62.4 Å². The molecule has 364 valence electrons. The number of aliphatic carboxylic acids is 1. The van der Waals surface area contributed by atoms with Crippen molar-refractivity contribution in [1.82, 2.24) is 0 Å². The fourth-order valence-electron chi connectivity index (χ4n) is 6.55. The van der Waals surface area contributed by atoms with Gasteiger partial charge in [0.25, 0.3) is 56.5 Å². The number of hydrogen-bond donors (Lipinski definition) is 7. The van der Waals surface area contributed by atoms with Crippen LogP contribution in [-0.2, 0) is 60.2 Å². The first kappa shape index (κ1) is 50.3. The van der Waals surface area contributed by atoms with Crippen molar-refractivity contribution >= 4 is 124 Å². The predicted octanol–water partition coefficient (Wildman–Crippen LogP) is 5.71. The lowest BCUT2D eigenvalue weighted by atomic mass is 10.1. The van der Waals surface area contributed by atoms with E-state index in [4.69, 9.17) is 4.74 Å². The Hall–Kier alpha value is -7.60. The molecule has 1 aliphatic heterocycles. The minimum Gasteiger partial charge on any atom is -0.505 e. The standard InChI is InChI=1S/C37H26N8O20S5/c1-65-18-4-10-27(29(14-18)68(56,57)58)40-38-25-12-13-26(23-15-20(67(53,54)55)7-8-21(23)25)39-42-31-30(69(59,60)61)16-24-22(34(31)46)9-11-28(35(24)70(62,63)64)41-43-32-33(37(48)49)44-45(36(32)47)17-2-5-19(6-3-17)66(50,51)52/h2-16,32,46H,1H3,(H,48,49)(H,50,51,52)(H,53,54,55)(H,56,57,58)(H,59,60,61)(H,62,63,64). The Balaban J connectivity index is 1.33. The number of carboxylic acids is 1. The second-order valence-corrected chi connectivity index (χ2v) is 21.0. The molecule has 0 saturated carbocycles. The highest BCUT2D eigenvalue weighted by molar-refractivity contribution is 7.87. The number of phenols is 1. The largest absolute Gasteiger partial charge is 0.505 e. The Labute approximate surface area is 392 Å². The van der Waals surface area contributed by atoms with Gasteiger partial charge in [0.15, 0.2) is 11.5 Å². The zero-order valence-electron chi connectivity index (χ0n) is 34.3. The molecule has 1 amide bonds. The van der Waals surface area contributed by atoms with E-state index >= 15 is 0 Å². The van der Waals surface area contributed by atoms with Gasteiger partial charge in [0.1, 0.15) is 37.5 Å². The van der Waals surface area contributed by atoms with Crippen molar-refractivity contribution in [2.24, 2.45) is 35.8 Å². The molecule has 0 aliphatic carbocycles. The molecule has 1 heterocycles. The van der Waals surface area contributed by atoms with Crippen LogP contribution in [0.5, 0.6) is 11.5 Å². The summed E-state index contributed by atoms with van der Waals surface area (Å²) in [5, 5.41) is 46.3. The number of hydrogen-bond acceptors (Lipinski definition) is 21. The zero-order chi connectivity index (χ0) is 51.5. The smallest absolute Gasteiger partial charge is 0.355 e. The number of amides is 1. The third kappa shape index (κ3) is 10.1. The molecule has 0 aromatic heterocycles. The summed E-state index contributed by atoms with van der Waals surface area (Å²) < 4.78 is 177. The molecule has 0 fully saturated rings. The molecule has 0 saturated heterocycles. The number of anilines is 1. The first-order valence-electron chi connectivity index (χ1n) is 18.4. The number of carbonyl (C=O) groups is 2. The molecule has 0 bridgehead atoms. The number of phenolic OH excluding ortho intramolecular Hbond substituents is 1. The Morgan fingerprint density at radius 2 is 1.11 bits per heavy atom. The molecule has 6 aromatic rings. The number of rotatable bonds is 14. The fourth-order valence-corrected chi connectivity index (χ4v) is 9.64. The Morgan fingerprint density at radius 3 is 1.69 bits per heavy atom. The van der Waals surface area contributed by atoms with Gasteiger partial charge in [0.2, 0.25) is 6.04 Å². The van der Waals surface area contributed by atoms with Crippen molar-refractivity contribution in [1.29, 1.82) is 0 Å². The highest BCUT2D eigenvalue weighted by atomic mass is 32.2. The van der Waals surface area contributed by atoms with E-state index in [-0.39, 0.29) is 39.3 Å². The summed E-state index contributed by atoms with van der Waals surface area (Å²) in [4.78, 5) is 20.7. The lowest BCUT2D eigenvalue weighted by molar-refractivity contribution is -0.130. The first-order chi connectivity index (χ1) is 32.5. The van der Waals surface area contributed by atoms with Crippen LogP contribution in [0.25, 0.3) is 21.5 Å². The monoisotopic (exact) mass is 1060 g/mol. The lowest BCUT2D eigenvalue weighted by Gasteiger charge is -2.13. The highest BCUT2D eigenvalue weighted by Gasteiger charge is 2.41. The van der Waals surface area contributed by atoms with Crippen LogP contribution in [0.4, 0.5) is 34.1 Å². The average molecular weight is 1060 g/mol. The predicted molar refractivity (Wildman–Crippen MR) is 237 cm³/mol. The maximum absolute atomic E-state index is 13.3. The first-order valence-corrected chi connectivity index (χ1v) is 25.6. The van der Waals surface area contributed by atoms with Gasteiger partial charge in [-0.1, -0.05) is 6.07 Å². The summed E-state index contributed by atoms with van der Waals surface area (Å²) in [5.74, 6) is -4.27. The molecule has 7 N–H and O–H groups in total. The summed E-state index contributed by atoms with van der Waals surface area (Å²) in [6.07, 6.45) is 0. The number of aromatic hydroxyl groups is 1. The van der Waals surface area contributed by atoms with E-state index in [9.17, 15) is 84.7 Å². The third-order valence-corrected chi connectivity index (χ3v) is 14.1. The molecule has 7 rings (SSSR count). The van der Waals surface area contributed by atoms with E-state index in [0.717, 1.165) is 72.8 Å². The molecule has 6 aromatic carbocycles. The molecular formula is C37H26N8O20S5. The van der Waals surface area contributed by atoms with E-state index in [0.29, 0.717) is 11.1 Å². The van der Waals surface area contributed by atoms with Gasteiger partial charge < -0.3 is 14.9 Å². The van der Waals surface area contributed by atoms with E-state index in [1.165, 1.54) is 19.2 Å². The zero-order valence-corrected chi connectivity index (χ0v) is 38.4. The molecule has 0 spiro atoms. The van der Waals surface area contributed by atoms with Gasteiger partial charge in [-0.05, 0) is 78.9 Å². The van der Waals surface area contributed by atoms with E-state index < -0.39 is 127 Å². The van der Waals surface area contributed by atoms with Crippen molar-refractivity contribution in [2.75, 3.05) is 12.1 Å².